The van der Waals surface area contributed by atoms with Crippen LogP contribution >= 0.6 is 0 Å². The molecule has 0 bridgehead atoms. The van der Waals surface area contributed by atoms with Crippen LogP contribution in [0.4, 0.5) is 20.4 Å². The van der Waals surface area contributed by atoms with Crippen molar-refractivity contribution < 1.29 is 23.1 Å². The molecule has 0 aliphatic rings. The highest BCUT2D eigenvalue weighted by Gasteiger charge is 2.14. The van der Waals surface area contributed by atoms with Crippen molar-refractivity contribution in [2.75, 3.05) is 25.6 Å². The van der Waals surface area contributed by atoms with Gasteiger partial charge in [0.25, 0.3) is 17.4 Å². The Morgan fingerprint density at radius 2 is 1.71 bits per heavy atom. The Morgan fingerprint density at radius 1 is 0.911 bits per heavy atom. The molecule has 5 aromatic rings. The number of amides is 2. The third kappa shape index (κ3) is 7.89. The number of carbonyl (C=O) groups excluding carboxylic acids is 2. The number of anilines is 2. The number of hydrogen-bond acceptors (Lipinski definition) is 8. The first-order valence-corrected chi connectivity index (χ1v) is 14.0. The fourth-order valence-electron chi connectivity index (χ4n) is 4.44. The van der Waals surface area contributed by atoms with Crippen LogP contribution < -0.4 is 21.5 Å². The number of nitrogens with zero attached hydrogens (tertiary/aromatic N) is 4. The minimum atomic E-state index is -1.03. The van der Waals surface area contributed by atoms with E-state index >= 15 is 0 Å². The Hall–Kier alpha value is -5.56. The molecule has 11 nitrogen and oxygen atoms in total. The summed E-state index contributed by atoms with van der Waals surface area (Å²) in [5.74, 6) is -2.44. The fourth-order valence-corrected chi connectivity index (χ4v) is 4.44. The SMILES string of the molecule is COCCCNC(=O)c1ccc(Nc2ncc3cc(CNC(=O)c4cncn(Cc5ccc(F)c(F)c5)c4=O)ccc3n2)cc1. The number of nitrogens with one attached hydrogen (secondary N) is 3. The molecular weight excluding hydrogens is 584 g/mol. The summed E-state index contributed by atoms with van der Waals surface area (Å²) in [6.45, 7) is 1.15. The first-order valence-electron chi connectivity index (χ1n) is 14.0. The number of carbonyl (C=O) groups is 2. The van der Waals surface area contributed by atoms with E-state index in [0.717, 1.165) is 40.3 Å². The lowest BCUT2D eigenvalue weighted by molar-refractivity contribution is 0.0940. The zero-order valence-electron chi connectivity index (χ0n) is 24.2. The average molecular weight is 614 g/mol. The number of fused-ring (bicyclic) bond motifs is 1. The summed E-state index contributed by atoms with van der Waals surface area (Å²) in [5, 5.41) is 9.42. The average Bonchev–Trinajstić information content (AvgIpc) is 3.05. The molecule has 3 N–H and O–H groups in total. The van der Waals surface area contributed by atoms with Crippen LogP contribution in [0.2, 0.25) is 0 Å². The molecule has 0 radical (unpaired) electrons. The van der Waals surface area contributed by atoms with Gasteiger partial charge in [-0.25, -0.2) is 23.7 Å². The second-order valence-electron chi connectivity index (χ2n) is 10.1. The second-order valence-corrected chi connectivity index (χ2v) is 10.1. The van der Waals surface area contributed by atoms with Crippen LogP contribution in [0.5, 0.6) is 0 Å². The third-order valence-corrected chi connectivity index (χ3v) is 6.79. The lowest BCUT2D eigenvalue weighted by atomic mass is 10.1. The number of hydrogen-bond donors (Lipinski definition) is 3. The van der Waals surface area contributed by atoms with Gasteiger partial charge < -0.3 is 20.7 Å². The van der Waals surface area contributed by atoms with E-state index in [-0.39, 0.29) is 24.6 Å². The van der Waals surface area contributed by atoms with Gasteiger partial charge in [0.2, 0.25) is 5.95 Å². The van der Waals surface area contributed by atoms with E-state index in [1.165, 1.54) is 12.4 Å². The molecule has 0 unspecified atom stereocenters. The largest absolute Gasteiger partial charge is 0.385 e. The van der Waals surface area contributed by atoms with E-state index in [0.29, 0.717) is 41.4 Å². The van der Waals surface area contributed by atoms with Crippen molar-refractivity contribution in [3.05, 3.63) is 124 Å². The molecule has 0 fully saturated rings. The van der Waals surface area contributed by atoms with Crippen LogP contribution in [0.1, 0.15) is 38.3 Å². The summed E-state index contributed by atoms with van der Waals surface area (Å²) in [5.41, 5.74) is 2.21. The molecule has 0 atom stereocenters. The zero-order chi connectivity index (χ0) is 31.8. The Morgan fingerprint density at radius 3 is 2.49 bits per heavy atom. The summed E-state index contributed by atoms with van der Waals surface area (Å²) < 4.78 is 32.9. The summed E-state index contributed by atoms with van der Waals surface area (Å²) in [6.07, 6.45) is 4.77. The third-order valence-electron chi connectivity index (χ3n) is 6.79. The van der Waals surface area contributed by atoms with Crippen LogP contribution in [0.25, 0.3) is 10.9 Å². The van der Waals surface area contributed by atoms with Gasteiger partial charge in [0.05, 0.1) is 18.4 Å². The molecule has 0 aliphatic heterocycles. The predicted molar refractivity (Wildman–Crippen MR) is 163 cm³/mol. The molecule has 2 amide bonds. The number of methoxy groups -OCH3 is 1. The smallest absolute Gasteiger partial charge is 0.266 e. The van der Waals surface area contributed by atoms with Crippen molar-refractivity contribution in [2.45, 2.75) is 19.5 Å². The topological polar surface area (TPSA) is 140 Å². The van der Waals surface area contributed by atoms with Crippen molar-refractivity contribution >= 4 is 34.4 Å². The molecule has 2 aromatic heterocycles. The van der Waals surface area contributed by atoms with Gasteiger partial charge in [0.1, 0.15) is 5.56 Å². The van der Waals surface area contributed by atoms with Gasteiger partial charge >= 0.3 is 0 Å². The molecule has 0 spiro atoms. The number of halogens is 2. The molecule has 45 heavy (non-hydrogen) atoms. The number of benzene rings is 3. The Labute approximate surface area is 256 Å². The Kier molecular flexibility index (Phi) is 9.80. The Balaban J connectivity index is 1.18. The van der Waals surface area contributed by atoms with Gasteiger partial charge in [0.15, 0.2) is 11.6 Å². The first-order chi connectivity index (χ1) is 21.8. The standard InChI is InChI=1S/C32H29F2N7O4/c1-45-12-2-11-36-29(42)22-5-7-24(8-6-22)39-32-38-16-23-13-20(4-10-28(23)40-32)15-37-30(43)25-17-35-19-41(31(25)44)18-21-3-9-26(33)27(34)14-21/h3-10,13-14,16-17,19H,2,11-12,15,18H2,1H3,(H,36,42)(H,37,43)(H,38,39,40). The molecule has 13 heteroatoms. The van der Waals surface area contributed by atoms with Gasteiger partial charge in [-0.3, -0.25) is 19.0 Å². The summed E-state index contributed by atoms with van der Waals surface area (Å²) in [6, 6.07) is 15.7. The van der Waals surface area contributed by atoms with E-state index in [2.05, 4.69) is 30.9 Å². The normalized spacial score (nSPS) is 10.9. The van der Waals surface area contributed by atoms with Gasteiger partial charge in [-0.1, -0.05) is 12.1 Å². The second kappa shape index (κ2) is 14.3. The number of rotatable bonds is 12. The maximum Gasteiger partial charge on any atom is 0.266 e. The van der Waals surface area contributed by atoms with Crippen molar-refractivity contribution in [2.24, 2.45) is 0 Å². The van der Waals surface area contributed by atoms with Crippen LogP contribution in [-0.4, -0.2) is 51.6 Å². The Bertz CT molecular complexity index is 1900. The molecule has 0 saturated heterocycles. The van der Waals surface area contributed by atoms with Gasteiger partial charge in [-0.15, -0.1) is 0 Å². The van der Waals surface area contributed by atoms with Gasteiger partial charge in [-0.2, -0.15) is 0 Å². The monoisotopic (exact) mass is 613 g/mol. The molecule has 3 aromatic carbocycles. The molecular formula is C32H29F2N7O4. The molecule has 0 saturated carbocycles. The quantitative estimate of drug-likeness (QED) is 0.180. The highest BCUT2D eigenvalue weighted by Crippen LogP contribution is 2.19. The maximum absolute atomic E-state index is 13.6. The predicted octanol–water partition coefficient (Wildman–Crippen LogP) is 3.95. The minimum absolute atomic E-state index is 0.0795. The number of aromatic nitrogens is 4. The maximum atomic E-state index is 13.6. The molecule has 0 aliphatic carbocycles. The van der Waals surface area contributed by atoms with Gasteiger partial charge in [-0.05, 0) is 66.1 Å². The van der Waals surface area contributed by atoms with Crippen LogP contribution in [-0.2, 0) is 17.8 Å². The fraction of sp³-hybridized carbons (Fsp3) is 0.188. The van der Waals surface area contributed by atoms with Crippen molar-refractivity contribution in [3.8, 4) is 0 Å². The van der Waals surface area contributed by atoms with Crippen molar-refractivity contribution in [1.82, 2.24) is 30.2 Å². The molecule has 2 heterocycles. The van der Waals surface area contributed by atoms with Crippen molar-refractivity contribution in [3.63, 3.8) is 0 Å². The van der Waals surface area contributed by atoms with E-state index in [4.69, 9.17) is 4.74 Å². The minimum Gasteiger partial charge on any atom is -0.385 e. The van der Waals surface area contributed by atoms with E-state index in [9.17, 15) is 23.2 Å². The van der Waals surface area contributed by atoms with Crippen LogP contribution in [0.15, 0.2) is 84.2 Å². The number of ether oxygens (including phenoxy) is 1. The van der Waals surface area contributed by atoms with Crippen LogP contribution in [0, 0.1) is 11.6 Å². The van der Waals surface area contributed by atoms with Crippen LogP contribution in [0.3, 0.4) is 0 Å². The highest BCUT2D eigenvalue weighted by molar-refractivity contribution is 5.94. The first kappa shape index (κ1) is 30.9. The lowest BCUT2D eigenvalue weighted by Crippen LogP contribution is -2.33. The molecule has 230 valence electrons. The lowest BCUT2D eigenvalue weighted by Gasteiger charge is -2.10. The summed E-state index contributed by atoms with van der Waals surface area (Å²) in [4.78, 5) is 50.8. The van der Waals surface area contributed by atoms with E-state index < -0.39 is 23.1 Å². The highest BCUT2D eigenvalue weighted by atomic mass is 19.2. The summed E-state index contributed by atoms with van der Waals surface area (Å²) >= 11 is 0. The zero-order valence-corrected chi connectivity index (χ0v) is 24.2. The van der Waals surface area contributed by atoms with E-state index in [1.807, 2.05) is 6.07 Å². The summed E-state index contributed by atoms with van der Waals surface area (Å²) in [7, 11) is 1.62. The van der Waals surface area contributed by atoms with Gasteiger partial charge in [0, 0.05) is 55.8 Å². The molecule has 5 rings (SSSR count). The van der Waals surface area contributed by atoms with Crippen molar-refractivity contribution in [1.29, 1.82) is 0 Å². The van der Waals surface area contributed by atoms with E-state index in [1.54, 1.807) is 49.7 Å².